The highest BCUT2D eigenvalue weighted by molar-refractivity contribution is 5.84. The van der Waals surface area contributed by atoms with Crippen LogP contribution >= 0.6 is 0 Å². The van der Waals surface area contributed by atoms with Gasteiger partial charge in [0.25, 0.3) is 0 Å². The third kappa shape index (κ3) is 2.51. The summed E-state index contributed by atoms with van der Waals surface area (Å²) in [6.45, 7) is 5.00. The van der Waals surface area contributed by atoms with Gasteiger partial charge in [-0.05, 0) is 44.4 Å². The van der Waals surface area contributed by atoms with Gasteiger partial charge >= 0.3 is 12.0 Å². The van der Waals surface area contributed by atoms with E-state index in [0.717, 1.165) is 32.2 Å². The standard InChI is InChI=1S/C16H26N2O3/c1-10-7-11(2)17(9-10)16(21)18-13-6-4-3-5-12(13)8-14(18)15(19)20/h10-14H,3-9H2,1-2H3,(H,19,20). The van der Waals surface area contributed by atoms with Crippen LogP contribution in [0.25, 0.3) is 0 Å². The van der Waals surface area contributed by atoms with Crippen LogP contribution in [0.5, 0.6) is 0 Å². The average molecular weight is 294 g/mol. The van der Waals surface area contributed by atoms with E-state index >= 15 is 0 Å². The molecule has 0 radical (unpaired) electrons. The summed E-state index contributed by atoms with van der Waals surface area (Å²) < 4.78 is 0. The number of carbonyl (C=O) groups is 2. The van der Waals surface area contributed by atoms with Crippen LogP contribution < -0.4 is 0 Å². The molecule has 0 aromatic carbocycles. The van der Waals surface area contributed by atoms with Crippen molar-refractivity contribution in [1.29, 1.82) is 0 Å². The first-order valence-electron chi connectivity index (χ1n) is 8.30. The number of nitrogens with zero attached hydrogens (tertiary/aromatic N) is 2. The predicted octanol–water partition coefficient (Wildman–Crippen LogP) is 2.55. The minimum absolute atomic E-state index is 0.0337. The molecule has 2 saturated heterocycles. The zero-order chi connectivity index (χ0) is 15.1. The molecule has 3 fully saturated rings. The van der Waals surface area contributed by atoms with Gasteiger partial charge in [0.05, 0.1) is 0 Å². The Morgan fingerprint density at radius 2 is 1.81 bits per heavy atom. The van der Waals surface area contributed by atoms with Crippen LogP contribution in [-0.4, -0.2) is 51.6 Å². The van der Waals surface area contributed by atoms with E-state index in [1.165, 1.54) is 6.42 Å². The molecule has 5 nitrogen and oxygen atoms in total. The Labute approximate surface area is 126 Å². The molecule has 3 aliphatic rings. The molecule has 21 heavy (non-hydrogen) atoms. The number of carboxylic acid groups (broad SMARTS) is 1. The molecule has 1 N–H and O–H groups in total. The molecule has 5 heteroatoms. The fraction of sp³-hybridized carbons (Fsp3) is 0.875. The van der Waals surface area contributed by atoms with Crippen molar-refractivity contribution in [1.82, 2.24) is 9.80 Å². The Balaban J connectivity index is 1.82. The maximum atomic E-state index is 13.0. The number of amides is 2. The van der Waals surface area contributed by atoms with Crippen LogP contribution in [-0.2, 0) is 4.79 Å². The van der Waals surface area contributed by atoms with Crippen LogP contribution in [0, 0.1) is 11.8 Å². The summed E-state index contributed by atoms with van der Waals surface area (Å²) in [7, 11) is 0. The predicted molar refractivity (Wildman–Crippen MR) is 79.0 cm³/mol. The molecule has 0 bridgehead atoms. The molecule has 5 atom stereocenters. The molecule has 5 unspecified atom stereocenters. The van der Waals surface area contributed by atoms with Gasteiger partial charge in [0.1, 0.15) is 6.04 Å². The summed E-state index contributed by atoms with van der Waals surface area (Å²) in [4.78, 5) is 28.2. The number of hydrogen-bond acceptors (Lipinski definition) is 2. The first kappa shape index (κ1) is 14.7. The van der Waals surface area contributed by atoms with E-state index in [9.17, 15) is 14.7 Å². The van der Waals surface area contributed by atoms with Gasteiger partial charge in [-0.3, -0.25) is 0 Å². The number of carboxylic acids is 1. The second kappa shape index (κ2) is 5.50. The molecule has 1 aliphatic carbocycles. The van der Waals surface area contributed by atoms with Gasteiger partial charge in [-0.15, -0.1) is 0 Å². The van der Waals surface area contributed by atoms with Crippen LogP contribution in [0.15, 0.2) is 0 Å². The van der Waals surface area contributed by atoms with Crippen molar-refractivity contribution < 1.29 is 14.7 Å². The van der Waals surface area contributed by atoms with Gasteiger partial charge in [0, 0.05) is 18.6 Å². The van der Waals surface area contributed by atoms with Crippen LogP contribution in [0.1, 0.15) is 52.4 Å². The molecule has 2 aliphatic heterocycles. The average Bonchev–Trinajstić information content (AvgIpc) is 2.98. The smallest absolute Gasteiger partial charge is 0.326 e. The summed E-state index contributed by atoms with van der Waals surface area (Å²) in [6, 6.07) is -0.276. The van der Waals surface area contributed by atoms with E-state index in [1.54, 1.807) is 4.90 Å². The van der Waals surface area contributed by atoms with Crippen molar-refractivity contribution in [2.45, 2.75) is 70.5 Å². The third-order valence-electron chi connectivity index (χ3n) is 5.62. The SMILES string of the molecule is CC1CC(C)N(C(=O)N2C(C(=O)O)CC3CCCCC32)C1. The zero-order valence-corrected chi connectivity index (χ0v) is 13.0. The van der Waals surface area contributed by atoms with Crippen LogP contribution in [0.4, 0.5) is 4.79 Å². The van der Waals surface area contributed by atoms with E-state index in [-0.39, 0.29) is 18.1 Å². The molecule has 3 rings (SSSR count). The van der Waals surface area contributed by atoms with Gasteiger partial charge < -0.3 is 14.9 Å². The highest BCUT2D eigenvalue weighted by atomic mass is 16.4. The van der Waals surface area contributed by atoms with Crippen molar-refractivity contribution in [3.05, 3.63) is 0 Å². The molecular formula is C16H26N2O3. The van der Waals surface area contributed by atoms with Gasteiger partial charge in [-0.1, -0.05) is 19.8 Å². The lowest BCUT2D eigenvalue weighted by Gasteiger charge is -2.36. The Morgan fingerprint density at radius 1 is 1.10 bits per heavy atom. The highest BCUT2D eigenvalue weighted by Gasteiger charge is 2.49. The summed E-state index contributed by atoms with van der Waals surface area (Å²) in [6.07, 6.45) is 5.99. The summed E-state index contributed by atoms with van der Waals surface area (Å²) >= 11 is 0. The van der Waals surface area contributed by atoms with Crippen molar-refractivity contribution in [3.63, 3.8) is 0 Å². The third-order valence-corrected chi connectivity index (χ3v) is 5.62. The number of aliphatic carboxylic acids is 1. The summed E-state index contributed by atoms with van der Waals surface area (Å²) in [5.41, 5.74) is 0. The normalized spacial score (nSPS) is 39.4. The van der Waals surface area contributed by atoms with E-state index in [1.807, 2.05) is 4.90 Å². The lowest BCUT2D eigenvalue weighted by molar-refractivity contribution is -0.141. The Kier molecular flexibility index (Phi) is 3.84. The Bertz CT molecular complexity index is 439. The van der Waals surface area contributed by atoms with Crippen molar-refractivity contribution in [2.24, 2.45) is 11.8 Å². The Morgan fingerprint density at radius 3 is 2.43 bits per heavy atom. The quantitative estimate of drug-likeness (QED) is 0.808. The monoisotopic (exact) mass is 294 g/mol. The molecule has 0 spiro atoms. The summed E-state index contributed by atoms with van der Waals surface area (Å²) in [5, 5.41) is 9.53. The molecule has 2 amide bonds. The number of rotatable bonds is 1. The topological polar surface area (TPSA) is 60.9 Å². The van der Waals surface area contributed by atoms with Crippen molar-refractivity contribution in [2.75, 3.05) is 6.54 Å². The number of likely N-dealkylation sites (tertiary alicyclic amines) is 2. The lowest BCUT2D eigenvalue weighted by atomic mass is 9.85. The molecule has 1 saturated carbocycles. The summed E-state index contributed by atoms with van der Waals surface area (Å²) in [5.74, 6) is 0.0637. The number of carbonyl (C=O) groups excluding carboxylic acids is 1. The molecule has 0 aromatic rings. The van der Waals surface area contributed by atoms with Gasteiger partial charge in [-0.2, -0.15) is 0 Å². The maximum absolute atomic E-state index is 13.0. The van der Waals surface area contributed by atoms with Crippen LogP contribution in [0.3, 0.4) is 0 Å². The first-order valence-corrected chi connectivity index (χ1v) is 8.30. The fourth-order valence-electron chi connectivity index (χ4n) is 4.67. The number of fused-ring (bicyclic) bond motifs is 1. The molecule has 118 valence electrons. The molecule has 0 aromatic heterocycles. The second-order valence-electron chi connectivity index (χ2n) is 7.23. The molecule has 2 heterocycles. The lowest BCUT2D eigenvalue weighted by Crippen LogP contribution is -2.53. The zero-order valence-electron chi connectivity index (χ0n) is 13.0. The van der Waals surface area contributed by atoms with E-state index in [4.69, 9.17) is 0 Å². The Hall–Kier alpha value is -1.26. The van der Waals surface area contributed by atoms with Crippen LogP contribution in [0.2, 0.25) is 0 Å². The largest absolute Gasteiger partial charge is 0.480 e. The van der Waals surface area contributed by atoms with Gasteiger partial charge in [0.15, 0.2) is 0 Å². The number of urea groups is 1. The van der Waals surface area contributed by atoms with E-state index in [2.05, 4.69) is 13.8 Å². The first-order chi connectivity index (χ1) is 9.99. The second-order valence-corrected chi connectivity index (χ2v) is 7.23. The van der Waals surface area contributed by atoms with Crippen molar-refractivity contribution >= 4 is 12.0 Å². The van der Waals surface area contributed by atoms with Crippen molar-refractivity contribution in [3.8, 4) is 0 Å². The minimum atomic E-state index is -0.836. The van der Waals surface area contributed by atoms with Gasteiger partial charge in [0.2, 0.25) is 0 Å². The van der Waals surface area contributed by atoms with Gasteiger partial charge in [-0.25, -0.2) is 9.59 Å². The van der Waals surface area contributed by atoms with E-state index < -0.39 is 12.0 Å². The molecular weight excluding hydrogens is 268 g/mol. The van der Waals surface area contributed by atoms with E-state index in [0.29, 0.717) is 18.3 Å². The maximum Gasteiger partial charge on any atom is 0.326 e. The minimum Gasteiger partial charge on any atom is -0.480 e. The highest BCUT2D eigenvalue weighted by Crippen LogP contribution is 2.41. The fourth-order valence-corrected chi connectivity index (χ4v) is 4.67. The number of hydrogen-bond donors (Lipinski definition) is 1.